The van der Waals surface area contributed by atoms with Gasteiger partial charge < -0.3 is 4.57 Å². The molecule has 0 aromatic carbocycles. The van der Waals surface area contributed by atoms with Gasteiger partial charge >= 0.3 is 0 Å². The lowest BCUT2D eigenvalue weighted by molar-refractivity contribution is -0.0379. The molecule has 1 N–H and O–H groups in total. The predicted molar refractivity (Wildman–Crippen MR) is 92.2 cm³/mol. The largest absolute Gasteiger partial charge is 0.345 e. The highest BCUT2D eigenvalue weighted by molar-refractivity contribution is 6.01. The lowest BCUT2D eigenvalue weighted by Gasteiger charge is -2.08. The highest BCUT2D eigenvalue weighted by Gasteiger charge is 2.15. The first-order valence-corrected chi connectivity index (χ1v) is 7.84. The number of amides is 1. The van der Waals surface area contributed by atoms with E-state index in [4.69, 9.17) is 0 Å². The molecule has 2 rings (SSSR count). The van der Waals surface area contributed by atoms with Gasteiger partial charge in [0.1, 0.15) is 5.69 Å². The molecule has 6 nitrogen and oxygen atoms in total. The van der Waals surface area contributed by atoms with E-state index < -0.39 is 5.91 Å². The SMILES string of the molecule is C/C=C(/F)C/C=C\CCn1cc(C=O)c2cc(C(=O)N(C)O)ncc21. The molecule has 0 fully saturated rings. The average molecular weight is 345 g/mol. The van der Waals surface area contributed by atoms with E-state index in [1.807, 2.05) is 10.6 Å². The van der Waals surface area contributed by atoms with Gasteiger partial charge in [-0.05, 0) is 19.4 Å². The monoisotopic (exact) mass is 345 g/mol. The van der Waals surface area contributed by atoms with Crippen LogP contribution in [-0.2, 0) is 6.54 Å². The zero-order chi connectivity index (χ0) is 18.4. The summed E-state index contributed by atoms with van der Waals surface area (Å²) in [6.45, 7) is 2.24. The quantitative estimate of drug-likeness (QED) is 0.360. The normalized spacial score (nSPS) is 12.1. The number of fused-ring (bicyclic) bond motifs is 1. The number of allylic oxidation sites excluding steroid dienone is 4. The van der Waals surface area contributed by atoms with Crippen molar-refractivity contribution in [3.05, 3.63) is 53.8 Å². The first-order valence-electron chi connectivity index (χ1n) is 7.84. The number of pyridine rings is 1. The Hall–Kier alpha value is -2.80. The molecule has 0 unspecified atom stereocenters. The van der Waals surface area contributed by atoms with Crippen LogP contribution in [0.1, 0.15) is 40.6 Å². The lowest BCUT2D eigenvalue weighted by atomic mass is 10.2. The second-order valence-corrected chi connectivity index (χ2v) is 5.51. The maximum absolute atomic E-state index is 13.0. The topological polar surface area (TPSA) is 75.4 Å². The van der Waals surface area contributed by atoms with Gasteiger partial charge in [-0.1, -0.05) is 18.2 Å². The number of hydrogen-bond donors (Lipinski definition) is 1. The van der Waals surface area contributed by atoms with E-state index in [2.05, 4.69) is 4.98 Å². The molecule has 2 heterocycles. The molecule has 0 aliphatic heterocycles. The molecule has 7 heteroatoms. The molecular formula is C18H20FN3O3. The summed E-state index contributed by atoms with van der Waals surface area (Å²) >= 11 is 0. The first kappa shape index (κ1) is 18.5. The fourth-order valence-corrected chi connectivity index (χ4v) is 2.42. The molecule has 1 amide bonds. The molecule has 0 aliphatic rings. The minimum atomic E-state index is -0.652. The summed E-state index contributed by atoms with van der Waals surface area (Å²) in [5, 5.41) is 10.3. The van der Waals surface area contributed by atoms with Crippen LogP contribution in [0.3, 0.4) is 0 Å². The molecule has 0 spiro atoms. The van der Waals surface area contributed by atoms with Gasteiger partial charge in [-0.3, -0.25) is 14.8 Å². The van der Waals surface area contributed by atoms with Gasteiger partial charge in [0.25, 0.3) is 5.91 Å². The molecule has 0 bridgehead atoms. The van der Waals surface area contributed by atoms with Crippen molar-refractivity contribution in [2.75, 3.05) is 7.05 Å². The van der Waals surface area contributed by atoms with Crippen LogP contribution in [0.15, 0.2) is 42.5 Å². The van der Waals surface area contributed by atoms with Crippen molar-refractivity contribution in [3.8, 4) is 0 Å². The molecular weight excluding hydrogens is 325 g/mol. The first-order chi connectivity index (χ1) is 12.0. The number of aldehydes is 1. The number of hydrogen-bond acceptors (Lipinski definition) is 4. The Labute approximate surface area is 144 Å². The second-order valence-electron chi connectivity index (χ2n) is 5.51. The Morgan fingerprint density at radius 2 is 2.20 bits per heavy atom. The zero-order valence-corrected chi connectivity index (χ0v) is 14.1. The maximum Gasteiger partial charge on any atom is 0.295 e. The van der Waals surface area contributed by atoms with Crippen LogP contribution in [0.25, 0.3) is 10.9 Å². The molecule has 0 radical (unpaired) electrons. The van der Waals surface area contributed by atoms with Gasteiger partial charge in [-0.25, -0.2) is 14.4 Å². The number of aryl methyl sites for hydroxylation is 1. The number of rotatable bonds is 7. The Kier molecular flexibility index (Phi) is 6.19. The number of hydroxylamine groups is 2. The maximum atomic E-state index is 13.0. The molecule has 2 aromatic rings. The number of carbonyl (C=O) groups excluding carboxylic acids is 2. The third-order valence-electron chi connectivity index (χ3n) is 3.77. The van der Waals surface area contributed by atoms with Gasteiger partial charge in [-0.15, -0.1) is 0 Å². The lowest BCUT2D eigenvalue weighted by Crippen LogP contribution is -2.23. The van der Waals surface area contributed by atoms with E-state index in [1.54, 1.807) is 19.2 Å². The summed E-state index contributed by atoms with van der Waals surface area (Å²) in [7, 11) is 1.21. The van der Waals surface area contributed by atoms with Crippen LogP contribution in [0.2, 0.25) is 0 Å². The minimum absolute atomic E-state index is 0.0556. The Morgan fingerprint density at radius 1 is 1.44 bits per heavy atom. The molecule has 0 saturated carbocycles. The Bertz CT molecular complexity index is 837. The van der Waals surface area contributed by atoms with Crippen molar-refractivity contribution in [1.29, 1.82) is 0 Å². The standard InChI is InChI=1S/C18H20FN3O3/c1-3-14(19)7-5-4-6-8-22-11-13(12-23)15-9-16(18(24)21(2)25)20-10-17(15)22/h3-5,9-12,25H,6-8H2,1-2H3/b5-4-,14-3+. The van der Waals surface area contributed by atoms with Gasteiger partial charge in [0.2, 0.25) is 0 Å². The summed E-state index contributed by atoms with van der Waals surface area (Å²) in [5.74, 6) is -0.832. The third kappa shape index (κ3) is 4.39. The van der Waals surface area contributed by atoms with Gasteiger partial charge in [0.15, 0.2) is 6.29 Å². The summed E-state index contributed by atoms with van der Waals surface area (Å²) < 4.78 is 14.9. The van der Waals surface area contributed by atoms with Crippen molar-refractivity contribution >= 4 is 23.1 Å². The summed E-state index contributed by atoms with van der Waals surface area (Å²) in [4.78, 5) is 27.1. The van der Waals surface area contributed by atoms with Crippen molar-refractivity contribution in [1.82, 2.24) is 14.6 Å². The van der Waals surface area contributed by atoms with E-state index in [-0.39, 0.29) is 17.9 Å². The highest BCUT2D eigenvalue weighted by atomic mass is 19.1. The molecule has 0 saturated heterocycles. The highest BCUT2D eigenvalue weighted by Crippen LogP contribution is 2.21. The van der Waals surface area contributed by atoms with E-state index in [0.29, 0.717) is 40.8 Å². The smallest absolute Gasteiger partial charge is 0.295 e. The van der Waals surface area contributed by atoms with Crippen LogP contribution < -0.4 is 0 Å². The Morgan fingerprint density at radius 3 is 2.84 bits per heavy atom. The molecule has 0 atom stereocenters. The zero-order valence-electron chi connectivity index (χ0n) is 14.1. The van der Waals surface area contributed by atoms with Gasteiger partial charge in [0, 0.05) is 37.2 Å². The summed E-state index contributed by atoms with van der Waals surface area (Å²) in [5.41, 5.74) is 1.21. The number of carbonyl (C=O) groups is 2. The van der Waals surface area contributed by atoms with Gasteiger partial charge in [-0.2, -0.15) is 0 Å². The Balaban J connectivity index is 2.21. The van der Waals surface area contributed by atoms with E-state index in [9.17, 15) is 19.2 Å². The molecule has 25 heavy (non-hydrogen) atoms. The van der Waals surface area contributed by atoms with Crippen LogP contribution in [-0.4, -0.2) is 39.1 Å². The number of aromatic nitrogens is 2. The van der Waals surface area contributed by atoms with Crippen LogP contribution >= 0.6 is 0 Å². The summed E-state index contributed by atoms with van der Waals surface area (Å²) in [6, 6.07) is 1.49. The van der Waals surface area contributed by atoms with Crippen molar-refractivity contribution in [3.63, 3.8) is 0 Å². The molecule has 132 valence electrons. The van der Waals surface area contributed by atoms with E-state index in [1.165, 1.54) is 25.4 Å². The average Bonchev–Trinajstić information content (AvgIpc) is 2.97. The fraction of sp³-hybridized carbons (Fsp3) is 0.278. The number of nitrogens with zero attached hydrogens (tertiary/aromatic N) is 3. The molecule has 0 aliphatic carbocycles. The predicted octanol–water partition coefficient (Wildman–Crippen LogP) is 3.52. The molecule has 2 aromatic heterocycles. The second kappa shape index (κ2) is 8.34. The summed E-state index contributed by atoms with van der Waals surface area (Å²) in [6.07, 6.45) is 9.90. The minimum Gasteiger partial charge on any atom is -0.345 e. The van der Waals surface area contributed by atoms with Crippen LogP contribution in [0.5, 0.6) is 0 Å². The van der Waals surface area contributed by atoms with Crippen molar-refractivity contribution in [2.45, 2.75) is 26.3 Å². The van der Waals surface area contributed by atoms with E-state index in [0.717, 1.165) is 0 Å². The van der Waals surface area contributed by atoms with Crippen LogP contribution in [0, 0.1) is 0 Å². The van der Waals surface area contributed by atoms with E-state index >= 15 is 0 Å². The number of halogens is 1. The fourth-order valence-electron chi connectivity index (χ4n) is 2.42. The van der Waals surface area contributed by atoms with Gasteiger partial charge in [0.05, 0.1) is 17.5 Å². The van der Waals surface area contributed by atoms with Crippen LogP contribution in [0.4, 0.5) is 4.39 Å². The third-order valence-corrected chi connectivity index (χ3v) is 3.77. The van der Waals surface area contributed by atoms with Crippen molar-refractivity contribution in [2.24, 2.45) is 0 Å². The van der Waals surface area contributed by atoms with Crippen molar-refractivity contribution < 1.29 is 19.2 Å².